The Labute approximate surface area is 102 Å². The van der Waals surface area contributed by atoms with Crippen molar-refractivity contribution in [3.63, 3.8) is 0 Å². The highest BCUT2D eigenvalue weighted by atomic mass is 15.1. The van der Waals surface area contributed by atoms with E-state index in [0.717, 1.165) is 43.6 Å². The van der Waals surface area contributed by atoms with E-state index < -0.39 is 0 Å². The number of nitriles is 2. The monoisotopic (exact) mass is 225 g/mol. The molecule has 1 saturated heterocycles. The van der Waals surface area contributed by atoms with Crippen LogP contribution in [0.2, 0.25) is 0 Å². The molecule has 17 heavy (non-hydrogen) atoms. The van der Waals surface area contributed by atoms with Crippen molar-refractivity contribution < 1.29 is 0 Å². The van der Waals surface area contributed by atoms with Crippen LogP contribution in [-0.2, 0) is 6.54 Å². The van der Waals surface area contributed by atoms with Crippen LogP contribution in [0, 0.1) is 28.6 Å². The SMILES string of the molecule is N#Cc1ccccc1CN1CCCC(C#N)C1. The van der Waals surface area contributed by atoms with Gasteiger partial charge in [-0.3, -0.25) is 4.90 Å². The van der Waals surface area contributed by atoms with Gasteiger partial charge in [0.05, 0.1) is 23.6 Å². The summed E-state index contributed by atoms with van der Waals surface area (Å²) in [6.45, 7) is 2.64. The van der Waals surface area contributed by atoms with Gasteiger partial charge in [-0.25, -0.2) is 0 Å². The third kappa shape index (κ3) is 2.84. The van der Waals surface area contributed by atoms with Gasteiger partial charge in [0, 0.05) is 13.1 Å². The van der Waals surface area contributed by atoms with Gasteiger partial charge in [-0.05, 0) is 31.0 Å². The molecule has 1 aromatic rings. The molecule has 1 aliphatic heterocycles. The summed E-state index contributed by atoms with van der Waals surface area (Å²) in [5, 5.41) is 18.0. The summed E-state index contributed by atoms with van der Waals surface area (Å²) in [7, 11) is 0. The third-order valence-corrected chi connectivity index (χ3v) is 3.22. The molecule has 1 aliphatic rings. The highest BCUT2D eigenvalue weighted by Crippen LogP contribution is 2.19. The zero-order chi connectivity index (χ0) is 12.1. The first-order chi connectivity index (χ1) is 8.33. The number of nitrogens with zero attached hydrogens (tertiary/aromatic N) is 3. The number of hydrogen-bond acceptors (Lipinski definition) is 3. The molecular weight excluding hydrogens is 210 g/mol. The van der Waals surface area contributed by atoms with Crippen LogP contribution in [0.15, 0.2) is 24.3 Å². The molecule has 0 aliphatic carbocycles. The van der Waals surface area contributed by atoms with Crippen LogP contribution in [-0.4, -0.2) is 18.0 Å². The molecule has 0 saturated carbocycles. The Hall–Kier alpha value is -1.84. The van der Waals surface area contributed by atoms with Crippen molar-refractivity contribution in [1.82, 2.24) is 4.90 Å². The van der Waals surface area contributed by atoms with Gasteiger partial charge in [0.1, 0.15) is 0 Å². The van der Waals surface area contributed by atoms with E-state index >= 15 is 0 Å². The summed E-state index contributed by atoms with van der Waals surface area (Å²) in [5.41, 5.74) is 1.81. The fourth-order valence-electron chi connectivity index (χ4n) is 2.31. The van der Waals surface area contributed by atoms with Crippen molar-refractivity contribution >= 4 is 0 Å². The first-order valence-electron chi connectivity index (χ1n) is 5.93. The number of rotatable bonds is 2. The zero-order valence-electron chi connectivity index (χ0n) is 9.76. The molecule has 1 unspecified atom stereocenters. The maximum absolute atomic E-state index is 9.03. The van der Waals surface area contributed by atoms with Crippen molar-refractivity contribution in [1.29, 1.82) is 10.5 Å². The molecule has 0 radical (unpaired) electrons. The average Bonchev–Trinajstić information content (AvgIpc) is 2.39. The summed E-state index contributed by atoms with van der Waals surface area (Å²) in [4.78, 5) is 2.27. The Balaban J connectivity index is 2.06. The zero-order valence-corrected chi connectivity index (χ0v) is 9.76. The van der Waals surface area contributed by atoms with Crippen LogP contribution in [0.3, 0.4) is 0 Å². The van der Waals surface area contributed by atoms with E-state index in [1.165, 1.54) is 0 Å². The Kier molecular flexibility index (Phi) is 3.75. The lowest BCUT2D eigenvalue weighted by atomic mass is 9.98. The van der Waals surface area contributed by atoms with E-state index in [4.69, 9.17) is 10.5 Å². The van der Waals surface area contributed by atoms with Crippen LogP contribution in [0.1, 0.15) is 24.0 Å². The number of piperidine rings is 1. The van der Waals surface area contributed by atoms with Crippen LogP contribution >= 0.6 is 0 Å². The van der Waals surface area contributed by atoms with Gasteiger partial charge < -0.3 is 0 Å². The minimum atomic E-state index is 0.151. The second kappa shape index (κ2) is 5.48. The van der Waals surface area contributed by atoms with Crippen molar-refractivity contribution in [2.75, 3.05) is 13.1 Å². The van der Waals surface area contributed by atoms with Gasteiger partial charge >= 0.3 is 0 Å². The lowest BCUT2D eigenvalue weighted by Gasteiger charge is -2.29. The molecule has 86 valence electrons. The van der Waals surface area contributed by atoms with Gasteiger partial charge in [-0.1, -0.05) is 18.2 Å². The van der Waals surface area contributed by atoms with E-state index in [0.29, 0.717) is 0 Å². The predicted molar refractivity (Wildman–Crippen MR) is 64.8 cm³/mol. The fraction of sp³-hybridized carbons (Fsp3) is 0.429. The minimum Gasteiger partial charge on any atom is -0.298 e. The van der Waals surface area contributed by atoms with E-state index in [1.54, 1.807) is 0 Å². The normalized spacial score (nSPS) is 20.5. The van der Waals surface area contributed by atoms with Gasteiger partial charge in [0.15, 0.2) is 0 Å². The molecule has 1 heterocycles. The summed E-state index contributed by atoms with van der Waals surface area (Å²) in [6, 6.07) is 12.2. The predicted octanol–water partition coefficient (Wildman–Crippen LogP) is 2.29. The fourth-order valence-corrected chi connectivity index (χ4v) is 2.31. The molecular formula is C14H15N3. The van der Waals surface area contributed by atoms with Crippen LogP contribution in [0.4, 0.5) is 0 Å². The number of benzene rings is 1. The largest absolute Gasteiger partial charge is 0.298 e. The van der Waals surface area contributed by atoms with Crippen LogP contribution in [0.25, 0.3) is 0 Å². The Morgan fingerprint density at radius 3 is 2.88 bits per heavy atom. The molecule has 0 N–H and O–H groups in total. The lowest BCUT2D eigenvalue weighted by molar-refractivity contribution is 0.192. The molecule has 0 amide bonds. The highest BCUT2D eigenvalue weighted by Gasteiger charge is 2.19. The van der Waals surface area contributed by atoms with Crippen molar-refractivity contribution in [2.24, 2.45) is 5.92 Å². The van der Waals surface area contributed by atoms with Gasteiger partial charge in [0.2, 0.25) is 0 Å². The van der Waals surface area contributed by atoms with E-state index in [2.05, 4.69) is 17.0 Å². The van der Waals surface area contributed by atoms with Gasteiger partial charge in [-0.2, -0.15) is 10.5 Å². The quantitative estimate of drug-likeness (QED) is 0.776. The maximum atomic E-state index is 9.03. The molecule has 1 fully saturated rings. The lowest BCUT2D eigenvalue weighted by Crippen LogP contribution is -2.34. The van der Waals surface area contributed by atoms with Gasteiger partial charge in [0.25, 0.3) is 0 Å². The van der Waals surface area contributed by atoms with Crippen LogP contribution in [0.5, 0.6) is 0 Å². The highest BCUT2D eigenvalue weighted by molar-refractivity contribution is 5.37. The second-order valence-corrected chi connectivity index (χ2v) is 4.47. The Bertz CT molecular complexity index is 467. The molecule has 1 atom stereocenters. The summed E-state index contributed by atoms with van der Waals surface area (Å²) >= 11 is 0. The molecule has 2 rings (SSSR count). The summed E-state index contributed by atoms with van der Waals surface area (Å²) < 4.78 is 0. The first kappa shape index (κ1) is 11.6. The maximum Gasteiger partial charge on any atom is 0.0995 e. The third-order valence-electron chi connectivity index (χ3n) is 3.22. The summed E-state index contributed by atoms with van der Waals surface area (Å²) in [5.74, 6) is 0.151. The second-order valence-electron chi connectivity index (χ2n) is 4.47. The molecule has 0 spiro atoms. The van der Waals surface area contributed by atoms with E-state index in [1.807, 2.05) is 24.3 Å². The van der Waals surface area contributed by atoms with Crippen LogP contribution < -0.4 is 0 Å². The van der Waals surface area contributed by atoms with Crippen molar-refractivity contribution in [3.8, 4) is 12.1 Å². The smallest absolute Gasteiger partial charge is 0.0995 e. The molecule has 1 aromatic carbocycles. The van der Waals surface area contributed by atoms with Crippen molar-refractivity contribution in [2.45, 2.75) is 19.4 Å². The molecule has 0 aromatic heterocycles. The number of hydrogen-bond donors (Lipinski definition) is 0. The molecule has 3 heteroatoms. The standard InChI is InChI=1S/C14H15N3/c15-8-12-4-3-7-17(10-12)11-14-6-2-1-5-13(14)9-16/h1-2,5-6,12H,3-4,7,10-11H2. The Morgan fingerprint density at radius 2 is 2.12 bits per heavy atom. The minimum absolute atomic E-state index is 0.151. The average molecular weight is 225 g/mol. The molecule has 3 nitrogen and oxygen atoms in total. The first-order valence-corrected chi connectivity index (χ1v) is 5.93. The summed E-state index contributed by atoms with van der Waals surface area (Å²) in [6.07, 6.45) is 2.08. The topological polar surface area (TPSA) is 50.8 Å². The Morgan fingerprint density at radius 1 is 1.29 bits per heavy atom. The van der Waals surface area contributed by atoms with Gasteiger partial charge in [-0.15, -0.1) is 0 Å². The van der Waals surface area contributed by atoms with Crippen molar-refractivity contribution in [3.05, 3.63) is 35.4 Å². The van der Waals surface area contributed by atoms with E-state index in [-0.39, 0.29) is 5.92 Å². The van der Waals surface area contributed by atoms with E-state index in [9.17, 15) is 0 Å². The number of likely N-dealkylation sites (tertiary alicyclic amines) is 1. The molecule has 0 bridgehead atoms.